The Labute approximate surface area is 175 Å². The van der Waals surface area contributed by atoms with E-state index in [1.807, 2.05) is 6.07 Å². The molecule has 9 nitrogen and oxygen atoms in total. The van der Waals surface area contributed by atoms with Crippen LogP contribution in [-0.4, -0.2) is 78.2 Å². The summed E-state index contributed by atoms with van der Waals surface area (Å²) < 4.78 is 0. The van der Waals surface area contributed by atoms with E-state index >= 15 is 0 Å². The van der Waals surface area contributed by atoms with Gasteiger partial charge in [0.2, 0.25) is 11.8 Å². The predicted molar refractivity (Wildman–Crippen MR) is 109 cm³/mol. The van der Waals surface area contributed by atoms with Crippen molar-refractivity contribution in [1.82, 2.24) is 25.8 Å². The van der Waals surface area contributed by atoms with Crippen LogP contribution >= 0.6 is 0 Å². The van der Waals surface area contributed by atoms with Crippen molar-refractivity contribution in [2.75, 3.05) is 32.7 Å². The summed E-state index contributed by atoms with van der Waals surface area (Å²) in [6.45, 7) is 7.40. The maximum Gasteiger partial charge on any atom is 0.262 e. The Balaban J connectivity index is 1.45. The highest BCUT2D eigenvalue weighted by Crippen LogP contribution is 2.29. The Morgan fingerprint density at radius 3 is 2.63 bits per heavy atom. The summed E-state index contributed by atoms with van der Waals surface area (Å²) in [5.41, 5.74) is 1.42. The van der Waals surface area contributed by atoms with Crippen LogP contribution in [0.25, 0.3) is 0 Å². The second kappa shape index (κ2) is 8.63. The van der Waals surface area contributed by atoms with Crippen molar-refractivity contribution in [1.29, 1.82) is 0 Å². The summed E-state index contributed by atoms with van der Waals surface area (Å²) in [6.07, 6.45) is 0.272. The molecule has 1 aromatic rings. The van der Waals surface area contributed by atoms with Crippen LogP contribution in [0.3, 0.4) is 0 Å². The SMILES string of the molecule is CC(CNCc1cccc2c1C(=O)N(C1CCC(=O)NC1=O)C2=O)N1CCNCC1. The van der Waals surface area contributed by atoms with Crippen LogP contribution in [0.5, 0.6) is 0 Å². The van der Waals surface area contributed by atoms with Gasteiger partial charge in [-0.25, -0.2) is 0 Å². The molecular weight excluding hydrogens is 386 g/mol. The van der Waals surface area contributed by atoms with Gasteiger partial charge in [-0.05, 0) is 25.0 Å². The molecule has 4 amide bonds. The average molecular weight is 413 g/mol. The molecular formula is C21H27N5O4. The number of hydrogen-bond donors (Lipinski definition) is 3. The second-order valence-electron chi connectivity index (χ2n) is 8.05. The average Bonchev–Trinajstić information content (AvgIpc) is 3.00. The Bertz CT molecular complexity index is 880. The number of imide groups is 2. The van der Waals surface area contributed by atoms with Crippen molar-refractivity contribution in [2.24, 2.45) is 0 Å². The van der Waals surface area contributed by atoms with Crippen molar-refractivity contribution < 1.29 is 19.2 Å². The van der Waals surface area contributed by atoms with E-state index in [1.54, 1.807) is 12.1 Å². The lowest BCUT2D eigenvalue weighted by Crippen LogP contribution is -2.54. The van der Waals surface area contributed by atoms with Crippen molar-refractivity contribution in [2.45, 2.75) is 38.4 Å². The highest BCUT2D eigenvalue weighted by atomic mass is 16.2. The van der Waals surface area contributed by atoms with E-state index in [0.29, 0.717) is 23.7 Å². The number of piperazine rings is 1. The molecule has 0 aliphatic carbocycles. The molecule has 2 fully saturated rings. The molecule has 9 heteroatoms. The third-order valence-corrected chi connectivity index (χ3v) is 6.08. The number of benzene rings is 1. The van der Waals surface area contributed by atoms with Gasteiger partial charge in [0.25, 0.3) is 11.8 Å². The van der Waals surface area contributed by atoms with Gasteiger partial charge in [-0.2, -0.15) is 0 Å². The van der Waals surface area contributed by atoms with Crippen molar-refractivity contribution >= 4 is 23.6 Å². The molecule has 0 bridgehead atoms. The maximum absolute atomic E-state index is 13.1. The Kier molecular flexibility index (Phi) is 5.94. The van der Waals surface area contributed by atoms with Gasteiger partial charge < -0.3 is 10.6 Å². The molecule has 3 N–H and O–H groups in total. The summed E-state index contributed by atoms with van der Waals surface area (Å²) >= 11 is 0. The quantitative estimate of drug-likeness (QED) is 0.538. The van der Waals surface area contributed by atoms with E-state index in [1.165, 1.54) is 0 Å². The summed E-state index contributed by atoms with van der Waals surface area (Å²) in [6, 6.07) is 4.63. The van der Waals surface area contributed by atoms with E-state index in [2.05, 4.69) is 27.8 Å². The van der Waals surface area contributed by atoms with E-state index in [4.69, 9.17) is 0 Å². The highest BCUT2D eigenvalue weighted by Gasteiger charge is 2.45. The molecule has 0 aromatic heterocycles. The zero-order valence-corrected chi connectivity index (χ0v) is 17.1. The third-order valence-electron chi connectivity index (χ3n) is 6.08. The first-order valence-corrected chi connectivity index (χ1v) is 10.5. The topological polar surface area (TPSA) is 111 Å². The van der Waals surface area contributed by atoms with Crippen LogP contribution < -0.4 is 16.0 Å². The number of nitrogens with zero attached hydrogens (tertiary/aromatic N) is 2. The zero-order valence-electron chi connectivity index (χ0n) is 17.1. The van der Waals surface area contributed by atoms with Gasteiger partial charge in [0.15, 0.2) is 0 Å². The van der Waals surface area contributed by atoms with Gasteiger partial charge in [0, 0.05) is 51.7 Å². The molecule has 30 heavy (non-hydrogen) atoms. The first-order valence-electron chi connectivity index (χ1n) is 10.5. The fourth-order valence-corrected chi connectivity index (χ4v) is 4.40. The highest BCUT2D eigenvalue weighted by molar-refractivity contribution is 6.24. The smallest absolute Gasteiger partial charge is 0.262 e. The summed E-state index contributed by atoms with van der Waals surface area (Å²) in [4.78, 5) is 53.0. The molecule has 3 heterocycles. The minimum atomic E-state index is -0.941. The van der Waals surface area contributed by atoms with Crippen molar-refractivity contribution in [3.63, 3.8) is 0 Å². The number of hydrogen-bond acceptors (Lipinski definition) is 7. The first-order chi connectivity index (χ1) is 14.5. The fraction of sp³-hybridized carbons (Fsp3) is 0.524. The molecule has 1 aromatic carbocycles. The molecule has 3 aliphatic rings. The Morgan fingerprint density at radius 2 is 1.90 bits per heavy atom. The molecule has 2 saturated heterocycles. The molecule has 0 spiro atoms. The molecule has 3 aliphatic heterocycles. The lowest BCUT2D eigenvalue weighted by Gasteiger charge is -2.33. The van der Waals surface area contributed by atoms with Crippen molar-refractivity contribution in [3.05, 3.63) is 34.9 Å². The maximum atomic E-state index is 13.1. The van der Waals surface area contributed by atoms with Crippen LogP contribution in [0.4, 0.5) is 0 Å². The number of rotatable bonds is 6. The van der Waals surface area contributed by atoms with Crippen molar-refractivity contribution in [3.8, 4) is 0 Å². The summed E-state index contributed by atoms with van der Waals surface area (Å²) in [5.74, 6) is -1.90. The molecule has 0 saturated carbocycles. The van der Waals surface area contributed by atoms with E-state index < -0.39 is 23.8 Å². The number of nitrogens with one attached hydrogen (secondary N) is 3. The summed E-state index contributed by atoms with van der Waals surface area (Å²) in [5, 5.41) is 8.97. The van der Waals surface area contributed by atoms with Gasteiger partial charge >= 0.3 is 0 Å². The van der Waals surface area contributed by atoms with E-state index in [-0.39, 0.29) is 18.7 Å². The number of carbonyl (C=O) groups excluding carboxylic acids is 4. The van der Waals surface area contributed by atoms with Gasteiger partial charge in [-0.15, -0.1) is 0 Å². The standard InChI is InChI=1S/C21H27N5O4/c1-13(25-9-7-22-8-10-25)11-23-12-14-3-2-4-15-18(14)21(30)26(20(15)29)16-5-6-17(27)24-19(16)28/h2-4,13,16,22-23H,5-12H2,1H3,(H,24,27,28). The molecule has 160 valence electrons. The lowest BCUT2D eigenvalue weighted by atomic mass is 10.0. The predicted octanol–water partition coefficient (Wildman–Crippen LogP) is -0.529. The van der Waals surface area contributed by atoms with Gasteiger partial charge in [-0.1, -0.05) is 12.1 Å². The van der Waals surface area contributed by atoms with Crippen LogP contribution in [0, 0.1) is 0 Å². The minimum absolute atomic E-state index is 0.113. The van der Waals surface area contributed by atoms with E-state index in [0.717, 1.165) is 43.2 Å². The molecule has 4 rings (SSSR count). The van der Waals surface area contributed by atoms with Crippen LogP contribution in [0.1, 0.15) is 46.0 Å². The lowest BCUT2D eigenvalue weighted by molar-refractivity contribution is -0.136. The van der Waals surface area contributed by atoms with Crippen LogP contribution in [-0.2, 0) is 16.1 Å². The monoisotopic (exact) mass is 413 g/mol. The largest absolute Gasteiger partial charge is 0.314 e. The third kappa shape index (κ3) is 3.88. The minimum Gasteiger partial charge on any atom is -0.314 e. The second-order valence-corrected chi connectivity index (χ2v) is 8.05. The molecule has 2 unspecified atom stereocenters. The zero-order chi connectivity index (χ0) is 21.3. The van der Waals surface area contributed by atoms with Gasteiger partial charge in [-0.3, -0.25) is 34.3 Å². The summed E-state index contributed by atoms with van der Waals surface area (Å²) in [7, 11) is 0. The molecule has 0 radical (unpaired) electrons. The first kappa shape index (κ1) is 20.6. The number of piperidine rings is 1. The molecule has 2 atom stereocenters. The van der Waals surface area contributed by atoms with E-state index in [9.17, 15) is 19.2 Å². The normalized spacial score (nSPS) is 23.5. The van der Waals surface area contributed by atoms with Crippen LogP contribution in [0.2, 0.25) is 0 Å². The number of carbonyl (C=O) groups is 4. The Morgan fingerprint density at radius 1 is 1.13 bits per heavy atom. The number of fused-ring (bicyclic) bond motifs is 1. The van der Waals surface area contributed by atoms with Gasteiger partial charge in [0.05, 0.1) is 11.1 Å². The van der Waals surface area contributed by atoms with Crippen LogP contribution in [0.15, 0.2) is 18.2 Å². The fourth-order valence-electron chi connectivity index (χ4n) is 4.40. The number of amides is 4. The van der Waals surface area contributed by atoms with Gasteiger partial charge in [0.1, 0.15) is 6.04 Å². The Hall–Kier alpha value is -2.62.